The molecule has 0 radical (unpaired) electrons. The summed E-state index contributed by atoms with van der Waals surface area (Å²) < 4.78 is 0. The van der Waals surface area contributed by atoms with Gasteiger partial charge < -0.3 is 4.90 Å². The third-order valence-corrected chi connectivity index (χ3v) is 4.44. The molecule has 3 aliphatic rings. The van der Waals surface area contributed by atoms with E-state index in [1.807, 2.05) is 0 Å². The molecule has 0 spiro atoms. The maximum absolute atomic E-state index is 11.8. The molecule has 1 atom stereocenters. The molecule has 0 aromatic carbocycles. The summed E-state index contributed by atoms with van der Waals surface area (Å²) in [6, 6.07) is 0. The fourth-order valence-electron chi connectivity index (χ4n) is 3.24. The monoisotopic (exact) mass is 222 g/mol. The van der Waals surface area contributed by atoms with Crippen LogP contribution in [0.3, 0.4) is 0 Å². The summed E-state index contributed by atoms with van der Waals surface area (Å²) in [6.45, 7) is 1.57. The summed E-state index contributed by atoms with van der Waals surface area (Å²) in [5, 5.41) is 3.42. The molecule has 1 unspecified atom stereocenters. The number of rotatable bonds is 4. The summed E-state index contributed by atoms with van der Waals surface area (Å²) in [7, 11) is 0. The van der Waals surface area contributed by atoms with Crippen LogP contribution in [-0.4, -0.2) is 30.1 Å². The minimum absolute atomic E-state index is 0.331. The van der Waals surface area contributed by atoms with Crippen molar-refractivity contribution in [2.45, 2.75) is 51.1 Å². The number of hydrogen-bond donors (Lipinski definition) is 1. The number of carbonyl (C=O) groups excluding carboxylic acids is 1. The number of amides is 1. The molecule has 3 heteroatoms. The summed E-state index contributed by atoms with van der Waals surface area (Å²) in [4.78, 5) is 14.0. The first-order valence-electron chi connectivity index (χ1n) is 6.87. The van der Waals surface area contributed by atoms with Crippen LogP contribution in [0.1, 0.15) is 44.9 Å². The van der Waals surface area contributed by atoms with E-state index in [0.29, 0.717) is 18.6 Å². The van der Waals surface area contributed by atoms with Gasteiger partial charge in [-0.05, 0) is 31.1 Å². The van der Waals surface area contributed by atoms with E-state index in [-0.39, 0.29) is 0 Å². The lowest BCUT2D eigenvalue weighted by atomic mass is 10.0. The highest BCUT2D eigenvalue weighted by Crippen LogP contribution is 2.34. The Bertz CT molecular complexity index is 269. The third kappa shape index (κ3) is 2.10. The topological polar surface area (TPSA) is 32.3 Å². The van der Waals surface area contributed by atoms with Gasteiger partial charge in [0, 0.05) is 6.54 Å². The Morgan fingerprint density at radius 3 is 2.62 bits per heavy atom. The Kier molecular flexibility index (Phi) is 2.88. The van der Waals surface area contributed by atoms with Crippen molar-refractivity contribution in [3.8, 4) is 0 Å². The molecule has 2 aliphatic carbocycles. The van der Waals surface area contributed by atoms with E-state index in [0.717, 1.165) is 18.4 Å². The standard InChI is InChI=1S/C13H22N2O/c16-12-9-14-13(11-3-1-2-4-11)15(12)8-7-10-5-6-10/h10-11,13-14H,1-9H2. The van der Waals surface area contributed by atoms with Crippen molar-refractivity contribution in [3.63, 3.8) is 0 Å². The minimum atomic E-state index is 0.331. The van der Waals surface area contributed by atoms with E-state index >= 15 is 0 Å². The summed E-state index contributed by atoms with van der Waals surface area (Å²) in [5.41, 5.74) is 0. The van der Waals surface area contributed by atoms with Crippen molar-refractivity contribution in [1.29, 1.82) is 0 Å². The van der Waals surface area contributed by atoms with Gasteiger partial charge in [-0.25, -0.2) is 0 Å². The van der Waals surface area contributed by atoms with E-state index in [9.17, 15) is 4.79 Å². The fraction of sp³-hybridized carbons (Fsp3) is 0.923. The molecule has 0 bridgehead atoms. The molecule has 3 rings (SSSR count). The Balaban J connectivity index is 1.59. The lowest BCUT2D eigenvalue weighted by molar-refractivity contribution is -0.128. The van der Waals surface area contributed by atoms with Gasteiger partial charge in [-0.15, -0.1) is 0 Å². The van der Waals surface area contributed by atoms with E-state index in [1.165, 1.54) is 44.9 Å². The van der Waals surface area contributed by atoms with Crippen LogP contribution in [-0.2, 0) is 4.79 Å². The van der Waals surface area contributed by atoms with Crippen LogP contribution < -0.4 is 5.32 Å². The van der Waals surface area contributed by atoms with E-state index in [1.54, 1.807) is 0 Å². The van der Waals surface area contributed by atoms with Gasteiger partial charge in [0.1, 0.15) is 0 Å². The molecule has 1 heterocycles. The molecular formula is C13H22N2O. The van der Waals surface area contributed by atoms with Crippen LogP contribution in [0.15, 0.2) is 0 Å². The third-order valence-electron chi connectivity index (χ3n) is 4.44. The Morgan fingerprint density at radius 1 is 1.19 bits per heavy atom. The van der Waals surface area contributed by atoms with Crippen molar-refractivity contribution in [3.05, 3.63) is 0 Å². The second-order valence-electron chi connectivity index (χ2n) is 5.69. The van der Waals surface area contributed by atoms with Crippen LogP contribution in [0, 0.1) is 11.8 Å². The first kappa shape index (κ1) is 10.6. The first-order valence-corrected chi connectivity index (χ1v) is 6.87. The number of nitrogens with zero attached hydrogens (tertiary/aromatic N) is 1. The lowest BCUT2D eigenvalue weighted by Gasteiger charge is -2.29. The highest BCUT2D eigenvalue weighted by atomic mass is 16.2. The second kappa shape index (κ2) is 4.36. The Hall–Kier alpha value is -0.570. The zero-order valence-corrected chi connectivity index (χ0v) is 9.95. The molecule has 1 saturated heterocycles. The maximum atomic E-state index is 11.8. The largest absolute Gasteiger partial charge is 0.326 e. The number of hydrogen-bond acceptors (Lipinski definition) is 2. The summed E-state index contributed by atoms with van der Waals surface area (Å²) in [5.74, 6) is 1.99. The second-order valence-corrected chi connectivity index (χ2v) is 5.69. The molecular weight excluding hydrogens is 200 g/mol. The van der Waals surface area contributed by atoms with E-state index < -0.39 is 0 Å². The summed E-state index contributed by atoms with van der Waals surface area (Å²) in [6.07, 6.45) is 9.72. The molecule has 3 fully saturated rings. The highest BCUT2D eigenvalue weighted by molar-refractivity contribution is 5.80. The van der Waals surface area contributed by atoms with Crippen molar-refractivity contribution in [1.82, 2.24) is 10.2 Å². The molecule has 1 amide bonds. The fourth-order valence-corrected chi connectivity index (χ4v) is 3.24. The molecule has 90 valence electrons. The zero-order valence-electron chi connectivity index (χ0n) is 9.95. The molecule has 16 heavy (non-hydrogen) atoms. The smallest absolute Gasteiger partial charge is 0.237 e. The van der Waals surface area contributed by atoms with Gasteiger partial charge in [0.15, 0.2) is 0 Å². The van der Waals surface area contributed by atoms with Crippen LogP contribution in [0.4, 0.5) is 0 Å². The van der Waals surface area contributed by atoms with Gasteiger partial charge in [0.05, 0.1) is 12.7 Å². The summed E-state index contributed by atoms with van der Waals surface area (Å²) >= 11 is 0. The Morgan fingerprint density at radius 2 is 1.94 bits per heavy atom. The first-order chi connectivity index (χ1) is 7.84. The zero-order chi connectivity index (χ0) is 11.0. The van der Waals surface area contributed by atoms with Crippen LogP contribution in [0.2, 0.25) is 0 Å². The van der Waals surface area contributed by atoms with Gasteiger partial charge >= 0.3 is 0 Å². The number of nitrogens with one attached hydrogen (secondary N) is 1. The van der Waals surface area contributed by atoms with Gasteiger partial charge in [-0.1, -0.05) is 25.7 Å². The van der Waals surface area contributed by atoms with Crippen LogP contribution in [0.25, 0.3) is 0 Å². The predicted molar refractivity (Wildman–Crippen MR) is 62.8 cm³/mol. The van der Waals surface area contributed by atoms with E-state index in [2.05, 4.69) is 10.2 Å². The average Bonchev–Trinajstić information content (AvgIpc) is 2.82. The van der Waals surface area contributed by atoms with Crippen LogP contribution in [0.5, 0.6) is 0 Å². The van der Waals surface area contributed by atoms with Crippen molar-refractivity contribution in [2.75, 3.05) is 13.1 Å². The van der Waals surface area contributed by atoms with Crippen LogP contribution >= 0.6 is 0 Å². The molecule has 0 aromatic heterocycles. The van der Waals surface area contributed by atoms with E-state index in [4.69, 9.17) is 0 Å². The normalized spacial score (nSPS) is 31.6. The van der Waals surface area contributed by atoms with Gasteiger partial charge in [-0.3, -0.25) is 10.1 Å². The van der Waals surface area contributed by atoms with Gasteiger partial charge in [0.2, 0.25) is 5.91 Å². The lowest BCUT2D eigenvalue weighted by Crippen LogP contribution is -2.43. The highest BCUT2D eigenvalue weighted by Gasteiger charge is 2.37. The van der Waals surface area contributed by atoms with Crippen molar-refractivity contribution >= 4 is 5.91 Å². The van der Waals surface area contributed by atoms with Gasteiger partial charge in [-0.2, -0.15) is 0 Å². The SMILES string of the molecule is O=C1CNC(C2CCCC2)N1CCC1CC1. The maximum Gasteiger partial charge on any atom is 0.237 e. The molecule has 2 saturated carbocycles. The molecule has 0 aromatic rings. The molecule has 1 N–H and O–H groups in total. The van der Waals surface area contributed by atoms with Gasteiger partial charge in [0.25, 0.3) is 0 Å². The average molecular weight is 222 g/mol. The predicted octanol–water partition coefficient (Wildman–Crippen LogP) is 1.73. The minimum Gasteiger partial charge on any atom is -0.326 e. The molecule has 3 nitrogen and oxygen atoms in total. The number of carbonyl (C=O) groups is 1. The van der Waals surface area contributed by atoms with Crippen molar-refractivity contribution < 1.29 is 4.79 Å². The molecule has 1 aliphatic heterocycles. The van der Waals surface area contributed by atoms with Crippen molar-refractivity contribution in [2.24, 2.45) is 11.8 Å². The quantitative estimate of drug-likeness (QED) is 0.785. The Labute approximate surface area is 97.6 Å².